The SMILES string of the molecule is CCOC(CNC(=O)OCC1c2ccccc2-c2ccccc21)CC(=O)NC(C(=O)O)C(C)O. The van der Waals surface area contributed by atoms with Crippen LogP contribution in [0.15, 0.2) is 48.5 Å². The van der Waals surface area contributed by atoms with Crippen molar-refractivity contribution in [1.82, 2.24) is 10.6 Å². The summed E-state index contributed by atoms with van der Waals surface area (Å²) in [4.78, 5) is 35.7. The van der Waals surface area contributed by atoms with Crippen molar-refractivity contribution in [1.29, 1.82) is 0 Å². The van der Waals surface area contributed by atoms with E-state index in [0.29, 0.717) is 6.61 Å². The van der Waals surface area contributed by atoms with E-state index in [1.165, 1.54) is 6.92 Å². The summed E-state index contributed by atoms with van der Waals surface area (Å²) in [7, 11) is 0. The van der Waals surface area contributed by atoms with Crippen LogP contribution in [0, 0.1) is 0 Å². The fraction of sp³-hybridized carbons (Fsp3) is 0.400. The van der Waals surface area contributed by atoms with Crippen LogP contribution in [0.2, 0.25) is 0 Å². The molecule has 4 N–H and O–H groups in total. The van der Waals surface area contributed by atoms with Crippen molar-refractivity contribution < 1.29 is 34.1 Å². The highest BCUT2D eigenvalue weighted by molar-refractivity contribution is 5.84. The van der Waals surface area contributed by atoms with Crippen molar-refractivity contribution in [3.05, 3.63) is 59.7 Å². The lowest BCUT2D eigenvalue weighted by Gasteiger charge is -2.21. The summed E-state index contributed by atoms with van der Waals surface area (Å²) in [6, 6.07) is 14.6. The molecule has 182 valence electrons. The van der Waals surface area contributed by atoms with Crippen LogP contribution in [0.5, 0.6) is 0 Å². The highest BCUT2D eigenvalue weighted by Gasteiger charge is 2.29. The zero-order valence-corrected chi connectivity index (χ0v) is 19.2. The number of ether oxygens (including phenoxy) is 2. The zero-order valence-electron chi connectivity index (χ0n) is 19.2. The van der Waals surface area contributed by atoms with Gasteiger partial charge in [0.15, 0.2) is 6.04 Å². The van der Waals surface area contributed by atoms with Crippen molar-refractivity contribution in [2.45, 2.75) is 44.4 Å². The maximum absolute atomic E-state index is 12.4. The van der Waals surface area contributed by atoms with Gasteiger partial charge in [-0.1, -0.05) is 48.5 Å². The predicted molar refractivity (Wildman–Crippen MR) is 124 cm³/mol. The second-order valence-corrected chi connectivity index (χ2v) is 8.11. The average Bonchev–Trinajstić information content (AvgIpc) is 3.13. The summed E-state index contributed by atoms with van der Waals surface area (Å²) in [6.45, 7) is 3.48. The molecule has 1 aliphatic rings. The van der Waals surface area contributed by atoms with Gasteiger partial charge in [-0.3, -0.25) is 4.79 Å². The number of carbonyl (C=O) groups is 3. The van der Waals surface area contributed by atoms with Crippen LogP contribution >= 0.6 is 0 Å². The van der Waals surface area contributed by atoms with Crippen LogP contribution < -0.4 is 10.6 Å². The molecular weight excluding hydrogens is 440 g/mol. The van der Waals surface area contributed by atoms with E-state index in [4.69, 9.17) is 14.6 Å². The van der Waals surface area contributed by atoms with Crippen LogP contribution in [0.1, 0.15) is 37.3 Å². The Labute approximate surface area is 198 Å². The molecule has 9 nitrogen and oxygen atoms in total. The molecule has 2 amide bonds. The first-order valence-corrected chi connectivity index (χ1v) is 11.2. The molecule has 3 atom stereocenters. The minimum Gasteiger partial charge on any atom is -0.480 e. The van der Waals surface area contributed by atoms with E-state index in [-0.39, 0.29) is 25.5 Å². The van der Waals surface area contributed by atoms with E-state index < -0.39 is 36.2 Å². The lowest BCUT2D eigenvalue weighted by Crippen LogP contribution is -2.49. The van der Waals surface area contributed by atoms with Gasteiger partial charge in [0, 0.05) is 19.1 Å². The Kier molecular flexibility index (Phi) is 8.61. The van der Waals surface area contributed by atoms with Gasteiger partial charge in [-0.25, -0.2) is 9.59 Å². The molecule has 0 radical (unpaired) electrons. The number of fused-ring (bicyclic) bond motifs is 3. The van der Waals surface area contributed by atoms with Crippen LogP contribution in [0.4, 0.5) is 4.79 Å². The van der Waals surface area contributed by atoms with Crippen molar-refractivity contribution in [2.75, 3.05) is 19.8 Å². The monoisotopic (exact) mass is 470 g/mol. The molecular formula is C25H30N2O7. The normalized spacial score (nSPS) is 14.9. The van der Waals surface area contributed by atoms with E-state index in [0.717, 1.165) is 22.3 Å². The summed E-state index contributed by atoms with van der Waals surface area (Å²) in [6.07, 6.45) is -2.77. The number of amides is 2. The Bertz CT molecular complexity index is 978. The number of aliphatic carboxylic acids is 1. The molecule has 0 aromatic heterocycles. The number of rotatable bonds is 11. The lowest BCUT2D eigenvalue weighted by molar-refractivity contribution is -0.145. The first-order valence-electron chi connectivity index (χ1n) is 11.2. The summed E-state index contributed by atoms with van der Waals surface area (Å²) < 4.78 is 11.0. The molecule has 0 spiro atoms. The molecule has 2 aromatic carbocycles. The predicted octanol–water partition coefficient (Wildman–Crippen LogP) is 2.27. The van der Waals surface area contributed by atoms with E-state index in [2.05, 4.69) is 22.8 Å². The number of benzene rings is 2. The van der Waals surface area contributed by atoms with Crippen LogP contribution in [0.25, 0.3) is 11.1 Å². The smallest absolute Gasteiger partial charge is 0.407 e. The summed E-state index contributed by atoms with van der Waals surface area (Å²) in [5.74, 6) is -2.02. The van der Waals surface area contributed by atoms with Gasteiger partial charge in [0.2, 0.25) is 5.91 Å². The number of hydrogen-bond acceptors (Lipinski definition) is 6. The Morgan fingerprint density at radius 3 is 2.15 bits per heavy atom. The maximum Gasteiger partial charge on any atom is 0.407 e. The molecule has 3 rings (SSSR count). The summed E-state index contributed by atoms with van der Waals surface area (Å²) >= 11 is 0. The van der Waals surface area contributed by atoms with Gasteiger partial charge >= 0.3 is 12.1 Å². The molecule has 0 aliphatic heterocycles. The number of carboxylic acid groups (broad SMARTS) is 1. The Morgan fingerprint density at radius 1 is 1.03 bits per heavy atom. The fourth-order valence-electron chi connectivity index (χ4n) is 4.10. The van der Waals surface area contributed by atoms with Crippen LogP contribution in [0.3, 0.4) is 0 Å². The van der Waals surface area contributed by atoms with E-state index in [1.54, 1.807) is 6.92 Å². The number of aliphatic hydroxyl groups is 1. The number of carboxylic acids is 1. The number of alkyl carbamates (subject to hydrolysis) is 1. The molecule has 0 fully saturated rings. The van der Waals surface area contributed by atoms with E-state index in [9.17, 15) is 19.5 Å². The van der Waals surface area contributed by atoms with Gasteiger partial charge in [0.25, 0.3) is 0 Å². The van der Waals surface area contributed by atoms with E-state index in [1.807, 2.05) is 36.4 Å². The molecule has 0 heterocycles. The topological polar surface area (TPSA) is 134 Å². The average molecular weight is 471 g/mol. The minimum atomic E-state index is -1.43. The van der Waals surface area contributed by atoms with Gasteiger partial charge in [-0.05, 0) is 36.1 Å². The molecule has 2 aromatic rings. The highest BCUT2D eigenvalue weighted by Crippen LogP contribution is 2.44. The van der Waals surface area contributed by atoms with Gasteiger partial charge in [0.05, 0.1) is 18.6 Å². The third-order valence-corrected chi connectivity index (χ3v) is 5.70. The van der Waals surface area contributed by atoms with Gasteiger partial charge in [-0.2, -0.15) is 0 Å². The zero-order chi connectivity index (χ0) is 24.7. The van der Waals surface area contributed by atoms with Gasteiger partial charge in [0.1, 0.15) is 6.61 Å². The third kappa shape index (κ3) is 6.12. The summed E-state index contributed by atoms with van der Waals surface area (Å²) in [5.41, 5.74) is 4.47. The van der Waals surface area contributed by atoms with Crippen molar-refractivity contribution in [3.8, 4) is 11.1 Å². The summed E-state index contributed by atoms with van der Waals surface area (Å²) in [5, 5.41) is 23.5. The molecule has 9 heteroatoms. The lowest BCUT2D eigenvalue weighted by atomic mass is 9.98. The van der Waals surface area contributed by atoms with Gasteiger partial charge < -0.3 is 30.3 Å². The second-order valence-electron chi connectivity index (χ2n) is 8.11. The Morgan fingerprint density at radius 2 is 1.62 bits per heavy atom. The third-order valence-electron chi connectivity index (χ3n) is 5.70. The first kappa shape index (κ1) is 25.2. The van der Waals surface area contributed by atoms with Gasteiger partial charge in [-0.15, -0.1) is 0 Å². The molecule has 0 bridgehead atoms. The molecule has 0 saturated carbocycles. The molecule has 3 unspecified atom stereocenters. The largest absolute Gasteiger partial charge is 0.480 e. The number of nitrogens with one attached hydrogen (secondary N) is 2. The molecule has 34 heavy (non-hydrogen) atoms. The number of aliphatic hydroxyl groups excluding tert-OH is 1. The van der Waals surface area contributed by atoms with E-state index >= 15 is 0 Å². The molecule has 1 aliphatic carbocycles. The standard InChI is InChI=1S/C25H30N2O7/c1-3-33-16(12-22(29)27-23(15(2)28)24(30)31)13-26-25(32)34-14-21-19-10-6-4-8-17(19)18-9-5-7-11-20(18)21/h4-11,15-16,21,23,28H,3,12-14H2,1-2H3,(H,26,32)(H,27,29)(H,30,31). The maximum atomic E-state index is 12.4. The molecule has 0 saturated heterocycles. The van der Waals surface area contributed by atoms with Crippen molar-refractivity contribution >= 4 is 18.0 Å². The highest BCUT2D eigenvalue weighted by atomic mass is 16.5. The van der Waals surface area contributed by atoms with Crippen molar-refractivity contribution in [2.24, 2.45) is 0 Å². The second kappa shape index (κ2) is 11.6. The van der Waals surface area contributed by atoms with Crippen LogP contribution in [-0.2, 0) is 19.1 Å². The Hall–Kier alpha value is -3.43. The number of carbonyl (C=O) groups excluding carboxylic acids is 2. The van der Waals surface area contributed by atoms with Crippen LogP contribution in [-0.4, -0.2) is 66.2 Å². The first-order chi connectivity index (χ1) is 16.3. The number of hydrogen-bond donors (Lipinski definition) is 4. The minimum absolute atomic E-state index is 0.00432. The Balaban J connectivity index is 1.53. The quantitative estimate of drug-likeness (QED) is 0.396. The van der Waals surface area contributed by atoms with Crippen molar-refractivity contribution in [3.63, 3.8) is 0 Å². The fourth-order valence-corrected chi connectivity index (χ4v) is 4.10.